The molecule has 7 heteroatoms. The molecule has 0 atom stereocenters. The van der Waals surface area contributed by atoms with Gasteiger partial charge in [0.05, 0.1) is 16.9 Å². The Balaban J connectivity index is 1.85. The van der Waals surface area contributed by atoms with E-state index in [1.165, 1.54) is 13.3 Å². The van der Waals surface area contributed by atoms with Crippen molar-refractivity contribution in [3.8, 4) is 17.2 Å². The largest absolute Gasteiger partial charge is 0.507 e. The van der Waals surface area contributed by atoms with Crippen molar-refractivity contribution in [2.45, 2.75) is 0 Å². The lowest BCUT2D eigenvalue weighted by atomic mass is 10.2. The third-order valence-corrected chi connectivity index (χ3v) is 3.67. The third kappa shape index (κ3) is 5.13. The predicted octanol–water partition coefficient (Wildman–Crippen LogP) is 2.53. The van der Waals surface area contributed by atoms with Crippen molar-refractivity contribution >= 4 is 34.7 Å². The van der Waals surface area contributed by atoms with Crippen molar-refractivity contribution in [3.05, 3.63) is 51.6 Å². The lowest BCUT2D eigenvalue weighted by Crippen LogP contribution is -2.24. The second kappa shape index (κ2) is 8.37. The summed E-state index contributed by atoms with van der Waals surface area (Å²) in [6, 6.07) is 12.1. The van der Waals surface area contributed by atoms with Crippen molar-refractivity contribution in [2.24, 2.45) is 5.10 Å². The van der Waals surface area contributed by atoms with Gasteiger partial charge in [0.2, 0.25) is 0 Å². The number of phenolic OH excluding ortho intramolecular Hbond substituents is 1. The highest BCUT2D eigenvalue weighted by Gasteiger charge is 2.06. The Morgan fingerprint density at radius 1 is 1.30 bits per heavy atom. The quantitative estimate of drug-likeness (QED) is 0.423. The van der Waals surface area contributed by atoms with E-state index < -0.39 is 0 Å². The Labute approximate surface area is 147 Å². The highest BCUT2D eigenvalue weighted by Crippen LogP contribution is 2.25. The van der Waals surface area contributed by atoms with E-state index in [1.54, 1.807) is 36.4 Å². The molecule has 2 aromatic carbocycles. The smallest absolute Gasteiger partial charge is 0.277 e. The maximum Gasteiger partial charge on any atom is 0.277 e. The number of phenols is 1. The molecule has 0 saturated heterocycles. The molecule has 0 aliphatic carbocycles. The van der Waals surface area contributed by atoms with Crippen LogP contribution in [0.4, 0.5) is 0 Å². The van der Waals surface area contributed by atoms with Gasteiger partial charge >= 0.3 is 0 Å². The lowest BCUT2D eigenvalue weighted by Gasteiger charge is -2.09. The summed E-state index contributed by atoms with van der Waals surface area (Å²) in [6.45, 7) is -0.176. The number of ether oxygens (including phenoxy) is 2. The van der Waals surface area contributed by atoms with Gasteiger partial charge in [0, 0.05) is 0 Å². The number of rotatable bonds is 6. The van der Waals surface area contributed by atoms with Crippen molar-refractivity contribution in [1.29, 1.82) is 0 Å². The van der Waals surface area contributed by atoms with Crippen molar-refractivity contribution in [2.75, 3.05) is 13.7 Å². The maximum absolute atomic E-state index is 11.7. The summed E-state index contributed by atoms with van der Waals surface area (Å²) < 4.78 is 11.2. The zero-order chi connectivity index (χ0) is 16.7. The van der Waals surface area contributed by atoms with E-state index >= 15 is 0 Å². The summed E-state index contributed by atoms with van der Waals surface area (Å²) in [5.74, 6) is 0.863. The SMILES string of the molecule is COc1ccccc1OCC(=O)NN=Cc1ccc(O)c(I)c1. The van der Waals surface area contributed by atoms with Crippen LogP contribution in [-0.4, -0.2) is 30.9 Å². The minimum Gasteiger partial charge on any atom is -0.507 e. The molecule has 120 valence electrons. The van der Waals surface area contributed by atoms with Gasteiger partial charge in [-0.3, -0.25) is 4.79 Å². The number of halogens is 1. The second-order valence-corrected chi connectivity index (χ2v) is 5.61. The van der Waals surface area contributed by atoms with Crippen LogP contribution in [0.1, 0.15) is 5.56 Å². The monoisotopic (exact) mass is 426 g/mol. The molecule has 0 unspecified atom stereocenters. The number of carbonyl (C=O) groups excluding carboxylic acids is 1. The molecule has 1 amide bonds. The van der Waals surface area contributed by atoms with Gasteiger partial charge in [0.25, 0.3) is 5.91 Å². The van der Waals surface area contributed by atoms with Crippen LogP contribution in [0.5, 0.6) is 17.2 Å². The fraction of sp³-hybridized carbons (Fsp3) is 0.125. The molecule has 2 rings (SSSR count). The van der Waals surface area contributed by atoms with Crippen LogP contribution in [0.3, 0.4) is 0 Å². The highest BCUT2D eigenvalue weighted by atomic mass is 127. The molecule has 0 bridgehead atoms. The molecule has 0 fully saturated rings. The molecule has 0 spiro atoms. The number of hydrogen-bond acceptors (Lipinski definition) is 5. The summed E-state index contributed by atoms with van der Waals surface area (Å²) in [5.41, 5.74) is 3.13. The van der Waals surface area contributed by atoms with Crippen LogP contribution in [0, 0.1) is 3.57 Å². The van der Waals surface area contributed by atoms with E-state index in [4.69, 9.17) is 9.47 Å². The molecular weight excluding hydrogens is 411 g/mol. The van der Waals surface area contributed by atoms with Gasteiger partial charge in [0.15, 0.2) is 18.1 Å². The fourth-order valence-corrected chi connectivity index (χ4v) is 2.24. The van der Waals surface area contributed by atoms with Crippen LogP contribution in [0.25, 0.3) is 0 Å². The number of para-hydroxylation sites is 2. The van der Waals surface area contributed by atoms with Crippen molar-refractivity contribution in [3.63, 3.8) is 0 Å². The molecule has 2 aromatic rings. The lowest BCUT2D eigenvalue weighted by molar-refractivity contribution is -0.123. The minimum atomic E-state index is -0.388. The number of carbonyl (C=O) groups is 1. The van der Waals surface area contributed by atoms with Gasteiger partial charge in [-0.2, -0.15) is 5.10 Å². The van der Waals surface area contributed by atoms with Crippen LogP contribution in [0.15, 0.2) is 47.6 Å². The molecule has 0 saturated carbocycles. The molecule has 0 radical (unpaired) electrons. The third-order valence-electron chi connectivity index (χ3n) is 2.80. The van der Waals surface area contributed by atoms with E-state index in [2.05, 4.69) is 10.5 Å². The zero-order valence-corrected chi connectivity index (χ0v) is 14.5. The van der Waals surface area contributed by atoms with Crippen LogP contribution in [-0.2, 0) is 4.79 Å². The first kappa shape index (κ1) is 17.1. The summed E-state index contributed by atoms with van der Waals surface area (Å²) in [6.07, 6.45) is 1.49. The number of benzene rings is 2. The first-order valence-corrected chi connectivity index (χ1v) is 7.74. The topological polar surface area (TPSA) is 80.2 Å². The molecule has 6 nitrogen and oxygen atoms in total. The van der Waals surface area contributed by atoms with Gasteiger partial charge in [0.1, 0.15) is 5.75 Å². The summed E-state index contributed by atoms with van der Waals surface area (Å²) >= 11 is 2.01. The number of nitrogens with zero attached hydrogens (tertiary/aromatic N) is 1. The molecule has 0 aliphatic rings. The van der Waals surface area contributed by atoms with E-state index in [0.29, 0.717) is 15.1 Å². The van der Waals surface area contributed by atoms with E-state index in [9.17, 15) is 9.90 Å². The summed E-state index contributed by atoms with van der Waals surface area (Å²) in [4.78, 5) is 11.7. The van der Waals surface area contributed by atoms with Gasteiger partial charge in [-0.05, 0) is 58.5 Å². The minimum absolute atomic E-state index is 0.176. The standard InChI is InChI=1S/C16H15IN2O4/c1-22-14-4-2-3-5-15(14)23-10-16(21)19-18-9-11-6-7-13(20)12(17)8-11/h2-9,20H,10H2,1H3,(H,19,21). The summed E-state index contributed by atoms with van der Waals surface area (Å²) in [5, 5.41) is 13.3. The zero-order valence-electron chi connectivity index (χ0n) is 12.3. The number of hydrogen-bond donors (Lipinski definition) is 2. The fourth-order valence-electron chi connectivity index (χ4n) is 1.70. The van der Waals surface area contributed by atoms with Crippen molar-refractivity contribution in [1.82, 2.24) is 5.43 Å². The maximum atomic E-state index is 11.7. The Kier molecular flexibility index (Phi) is 6.21. The summed E-state index contributed by atoms with van der Waals surface area (Å²) in [7, 11) is 1.53. The predicted molar refractivity (Wildman–Crippen MR) is 95.0 cm³/mol. The molecule has 23 heavy (non-hydrogen) atoms. The molecule has 2 N–H and O–H groups in total. The second-order valence-electron chi connectivity index (χ2n) is 4.44. The molecule has 0 heterocycles. The molecule has 0 aromatic heterocycles. The Morgan fingerprint density at radius 3 is 2.74 bits per heavy atom. The average Bonchev–Trinajstić information content (AvgIpc) is 2.56. The Morgan fingerprint density at radius 2 is 2.04 bits per heavy atom. The Hall–Kier alpha value is -2.29. The number of nitrogens with one attached hydrogen (secondary N) is 1. The van der Waals surface area contributed by atoms with Gasteiger partial charge in [-0.1, -0.05) is 12.1 Å². The van der Waals surface area contributed by atoms with Gasteiger partial charge in [-0.15, -0.1) is 0 Å². The number of hydrazone groups is 1. The van der Waals surface area contributed by atoms with Crippen LogP contribution >= 0.6 is 22.6 Å². The normalized spacial score (nSPS) is 10.5. The molecular formula is C16H15IN2O4. The van der Waals surface area contributed by atoms with E-state index in [0.717, 1.165) is 5.56 Å². The number of aromatic hydroxyl groups is 1. The van der Waals surface area contributed by atoms with Gasteiger partial charge in [-0.25, -0.2) is 5.43 Å². The van der Waals surface area contributed by atoms with Crippen molar-refractivity contribution < 1.29 is 19.4 Å². The molecule has 0 aliphatic heterocycles. The average molecular weight is 426 g/mol. The highest BCUT2D eigenvalue weighted by molar-refractivity contribution is 14.1. The Bertz CT molecular complexity index is 719. The van der Waals surface area contributed by atoms with Crippen LogP contribution in [0.2, 0.25) is 0 Å². The number of methoxy groups -OCH3 is 1. The first-order chi connectivity index (χ1) is 11.1. The van der Waals surface area contributed by atoms with E-state index in [1.807, 2.05) is 28.7 Å². The van der Waals surface area contributed by atoms with E-state index in [-0.39, 0.29) is 18.3 Å². The first-order valence-electron chi connectivity index (χ1n) is 6.66. The van der Waals surface area contributed by atoms with Crippen LogP contribution < -0.4 is 14.9 Å². The van der Waals surface area contributed by atoms with Gasteiger partial charge < -0.3 is 14.6 Å². The number of amides is 1.